The summed E-state index contributed by atoms with van der Waals surface area (Å²) in [4.78, 5) is 12.6. The molecule has 1 atom stereocenters. The number of carbonyl (C=O) groups is 1. The Hall–Kier alpha value is -1.59. The Kier molecular flexibility index (Phi) is 4.64. The van der Waals surface area contributed by atoms with E-state index in [1.807, 2.05) is 0 Å². The first-order valence-electron chi connectivity index (χ1n) is 7.05. The Morgan fingerprint density at radius 2 is 1.74 bits per heavy atom. The summed E-state index contributed by atoms with van der Waals surface area (Å²) in [6.07, 6.45) is -9.63. The lowest BCUT2D eigenvalue weighted by molar-refractivity contribution is -0.138. The lowest BCUT2D eigenvalue weighted by Crippen LogP contribution is -2.32. The van der Waals surface area contributed by atoms with E-state index in [1.54, 1.807) is 0 Å². The molecule has 0 spiro atoms. The third kappa shape index (κ3) is 3.59. The Morgan fingerprint density at radius 1 is 1.11 bits per heavy atom. The molecule has 4 nitrogen and oxygen atoms in total. The number of anilines is 1. The minimum absolute atomic E-state index is 0.0694. The minimum atomic E-state index is -4.75. The number of rotatable bonds is 3. The summed E-state index contributed by atoms with van der Waals surface area (Å²) in [5, 5.41) is 6.47. The number of alkyl halides is 8. The van der Waals surface area contributed by atoms with Crippen LogP contribution < -0.4 is 5.32 Å². The molecule has 0 radical (unpaired) electrons. The number of benzene rings is 1. The molecule has 3 rings (SSSR count). The van der Waals surface area contributed by atoms with E-state index < -0.39 is 43.7 Å². The van der Waals surface area contributed by atoms with Crippen LogP contribution in [0.25, 0.3) is 0 Å². The smallest absolute Gasteiger partial charge is 0.300 e. The summed E-state index contributed by atoms with van der Waals surface area (Å²) in [5.74, 6) is -0.975. The normalized spacial score (nSPS) is 21.8. The fourth-order valence-electron chi connectivity index (χ4n) is 2.53. The number of amides is 1. The molecule has 27 heavy (non-hydrogen) atoms. The van der Waals surface area contributed by atoms with Crippen LogP contribution in [0.5, 0.6) is 0 Å². The molecule has 2 aromatic rings. The molecule has 0 bridgehead atoms. The highest BCUT2D eigenvalue weighted by Crippen LogP contribution is 2.65. The molecular formula is C14H7Cl2F6N3OS. The summed E-state index contributed by atoms with van der Waals surface area (Å²) in [6.45, 7) is 0. The van der Waals surface area contributed by atoms with E-state index in [0.29, 0.717) is 0 Å². The van der Waals surface area contributed by atoms with Gasteiger partial charge in [0.15, 0.2) is 0 Å². The second kappa shape index (κ2) is 6.21. The topological polar surface area (TPSA) is 54.9 Å². The van der Waals surface area contributed by atoms with Gasteiger partial charge in [0, 0.05) is 6.42 Å². The number of aromatic nitrogens is 2. The summed E-state index contributed by atoms with van der Waals surface area (Å²) in [5.41, 5.74) is -2.89. The van der Waals surface area contributed by atoms with Crippen LogP contribution in [0.2, 0.25) is 0 Å². The summed E-state index contributed by atoms with van der Waals surface area (Å²) in [7, 11) is 0. The van der Waals surface area contributed by atoms with Crippen molar-refractivity contribution in [2.24, 2.45) is 0 Å². The molecule has 1 amide bonds. The molecule has 1 unspecified atom stereocenters. The fourth-order valence-corrected chi connectivity index (χ4v) is 3.93. The molecule has 1 heterocycles. The SMILES string of the molecule is O=C(Nc1nnc(C(F)(F)F)s1)C1(c2cccc(C(F)(F)F)c2)CC1(Cl)Cl. The largest absolute Gasteiger partial charge is 0.445 e. The molecule has 1 saturated carbocycles. The minimum Gasteiger partial charge on any atom is -0.300 e. The maximum absolute atomic E-state index is 12.9. The van der Waals surface area contributed by atoms with Crippen molar-refractivity contribution in [3.63, 3.8) is 0 Å². The van der Waals surface area contributed by atoms with Crippen LogP contribution >= 0.6 is 34.5 Å². The zero-order chi connectivity index (χ0) is 20.3. The van der Waals surface area contributed by atoms with Gasteiger partial charge < -0.3 is 0 Å². The molecule has 1 aromatic heterocycles. The molecule has 0 aliphatic heterocycles. The van der Waals surface area contributed by atoms with Gasteiger partial charge in [-0.2, -0.15) is 26.3 Å². The molecule has 0 saturated heterocycles. The second-order valence-corrected chi connectivity index (χ2v) is 8.19. The van der Waals surface area contributed by atoms with Crippen LogP contribution in [0.3, 0.4) is 0 Å². The van der Waals surface area contributed by atoms with Gasteiger partial charge in [0.2, 0.25) is 16.0 Å². The molecule has 1 fully saturated rings. The van der Waals surface area contributed by atoms with Gasteiger partial charge in [0.1, 0.15) is 9.75 Å². The van der Waals surface area contributed by atoms with E-state index in [4.69, 9.17) is 23.2 Å². The Labute approximate surface area is 161 Å². The van der Waals surface area contributed by atoms with Gasteiger partial charge in [-0.3, -0.25) is 10.1 Å². The highest BCUT2D eigenvalue weighted by atomic mass is 35.5. The predicted octanol–water partition coefficient (Wildman–Crippen LogP) is 5.03. The fraction of sp³-hybridized carbons (Fsp3) is 0.357. The number of hydrogen-bond donors (Lipinski definition) is 1. The van der Waals surface area contributed by atoms with Crippen LogP contribution in [-0.4, -0.2) is 20.4 Å². The van der Waals surface area contributed by atoms with Gasteiger partial charge in [-0.15, -0.1) is 33.4 Å². The first kappa shape index (κ1) is 20.2. The van der Waals surface area contributed by atoms with Gasteiger partial charge in [0.05, 0.1) is 5.56 Å². The van der Waals surface area contributed by atoms with E-state index in [2.05, 4.69) is 15.5 Å². The van der Waals surface area contributed by atoms with Gasteiger partial charge in [-0.05, 0) is 11.6 Å². The third-order valence-electron chi connectivity index (χ3n) is 3.94. The number of carbonyl (C=O) groups excluding carboxylic acids is 1. The molecule has 146 valence electrons. The maximum atomic E-state index is 12.9. The maximum Gasteiger partial charge on any atom is 0.445 e. The van der Waals surface area contributed by atoms with Gasteiger partial charge in [-0.1, -0.05) is 29.5 Å². The summed E-state index contributed by atoms with van der Waals surface area (Å²) >= 11 is 12.1. The first-order valence-corrected chi connectivity index (χ1v) is 8.62. The van der Waals surface area contributed by atoms with Crippen molar-refractivity contribution in [3.8, 4) is 0 Å². The molecule has 1 aliphatic carbocycles. The molecule has 13 heteroatoms. The van der Waals surface area contributed by atoms with Crippen molar-refractivity contribution in [1.82, 2.24) is 10.2 Å². The van der Waals surface area contributed by atoms with E-state index in [9.17, 15) is 31.1 Å². The monoisotopic (exact) mass is 449 g/mol. The van der Waals surface area contributed by atoms with Crippen molar-refractivity contribution < 1.29 is 31.1 Å². The number of nitrogens with one attached hydrogen (secondary N) is 1. The second-order valence-electron chi connectivity index (χ2n) is 5.73. The van der Waals surface area contributed by atoms with Crippen molar-refractivity contribution in [1.29, 1.82) is 0 Å². The van der Waals surface area contributed by atoms with E-state index in [-0.39, 0.29) is 23.3 Å². The Balaban J connectivity index is 1.92. The highest BCUT2D eigenvalue weighted by Gasteiger charge is 2.72. The van der Waals surface area contributed by atoms with E-state index >= 15 is 0 Å². The summed E-state index contributed by atoms with van der Waals surface area (Å²) in [6, 6.07) is 3.86. The molecule has 1 aromatic carbocycles. The van der Waals surface area contributed by atoms with Crippen molar-refractivity contribution in [3.05, 3.63) is 40.4 Å². The third-order valence-corrected chi connectivity index (χ3v) is 5.74. The first-order chi connectivity index (χ1) is 12.3. The Morgan fingerprint density at radius 3 is 2.22 bits per heavy atom. The number of nitrogens with zero attached hydrogens (tertiary/aromatic N) is 2. The van der Waals surface area contributed by atoms with Gasteiger partial charge >= 0.3 is 12.4 Å². The molecule has 1 N–H and O–H groups in total. The quantitative estimate of drug-likeness (QED) is 0.528. The average Bonchev–Trinajstić information content (AvgIpc) is 2.89. The summed E-state index contributed by atoms with van der Waals surface area (Å²) < 4.78 is 74.8. The van der Waals surface area contributed by atoms with Crippen LogP contribution in [0, 0.1) is 0 Å². The van der Waals surface area contributed by atoms with Crippen LogP contribution in [0.15, 0.2) is 24.3 Å². The standard InChI is InChI=1S/C14H7Cl2F6N3OS/c15-12(16)5-11(12,6-2-1-3-7(4-6)13(17,18)19)8(26)23-10-25-24-9(27-10)14(20,21)22/h1-4H,5H2,(H,23,25,26). The van der Waals surface area contributed by atoms with Crippen LogP contribution in [-0.2, 0) is 22.6 Å². The van der Waals surface area contributed by atoms with E-state index in [1.165, 1.54) is 6.07 Å². The lowest BCUT2D eigenvalue weighted by atomic mass is 9.93. The zero-order valence-electron chi connectivity index (χ0n) is 12.8. The highest BCUT2D eigenvalue weighted by molar-refractivity contribution is 7.15. The molecular weight excluding hydrogens is 443 g/mol. The van der Waals surface area contributed by atoms with Crippen molar-refractivity contribution >= 4 is 45.6 Å². The zero-order valence-corrected chi connectivity index (χ0v) is 15.1. The number of halogens is 8. The van der Waals surface area contributed by atoms with Crippen LogP contribution in [0.1, 0.15) is 22.6 Å². The predicted molar refractivity (Wildman–Crippen MR) is 85.7 cm³/mol. The van der Waals surface area contributed by atoms with E-state index in [0.717, 1.165) is 18.2 Å². The number of hydrogen-bond acceptors (Lipinski definition) is 4. The van der Waals surface area contributed by atoms with Gasteiger partial charge in [0.25, 0.3) is 0 Å². The van der Waals surface area contributed by atoms with Crippen LogP contribution in [0.4, 0.5) is 31.5 Å². The van der Waals surface area contributed by atoms with Gasteiger partial charge in [-0.25, -0.2) is 0 Å². The average molecular weight is 450 g/mol. The Bertz CT molecular complexity index is 897. The van der Waals surface area contributed by atoms with Crippen molar-refractivity contribution in [2.45, 2.75) is 28.5 Å². The van der Waals surface area contributed by atoms with Crippen molar-refractivity contribution in [2.75, 3.05) is 5.32 Å². The molecule has 1 aliphatic rings. The lowest BCUT2D eigenvalue weighted by Gasteiger charge is -2.19.